The van der Waals surface area contributed by atoms with E-state index in [0.29, 0.717) is 88.0 Å². The molecule has 1 saturated heterocycles. The van der Waals surface area contributed by atoms with Crippen molar-refractivity contribution in [3.05, 3.63) is 62.0 Å². The van der Waals surface area contributed by atoms with Crippen molar-refractivity contribution >= 4 is 40.6 Å². The molecule has 3 aliphatic rings. The van der Waals surface area contributed by atoms with E-state index in [2.05, 4.69) is 15.4 Å². The van der Waals surface area contributed by atoms with Crippen LogP contribution in [-0.4, -0.2) is 68.0 Å². The van der Waals surface area contributed by atoms with E-state index in [0.717, 1.165) is 11.6 Å². The number of amides is 2. The summed E-state index contributed by atoms with van der Waals surface area (Å²) in [5, 5.41) is 6.11. The third kappa shape index (κ3) is 6.41. The molecule has 3 aromatic rings. The molecular formula is C32H35ClF4N6O5. The van der Waals surface area contributed by atoms with Gasteiger partial charge in [0.15, 0.2) is 11.6 Å². The molecule has 6 rings (SSSR count). The predicted octanol–water partition coefficient (Wildman–Crippen LogP) is 5.75. The van der Waals surface area contributed by atoms with E-state index >= 15 is 0 Å². The van der Waals surface area contributed by atoms with Crippen molar-refractivity contribution in [2.75, 3.05) is 31.6 Å². The van der Waals surface area contributed by atoms with Crippen LogP contribution in [0.1, 0.15) is 75.5 Å². The maximum atomic E-state index is 14.5. The van der Waals surface area contributed by atoms with Crippen molar-refractivity contribution in [2.45, 2.75) is 83.0 Å². The predicted molar refractivity (Wildman–Crippen MR) is 167 cm³/mol. The second-order valence-electron chi connectivity index (χ2n) is 13.4. The topological polar surface area (TPSA) is 120 Å². The number of nitrogens with zero attached hydrogens (tertiary/aromatic N) is 5. The van der Waals surface area contributed by atoms with Crippen LogP contribution in [-0.2, 0) is 38.8 Å². The first-order valence-corrected chi connectivity index (χ1v) is 16.1. The lowest BCUT2D eigenvalue weighted by Gasteiger charge is -2.45. The molecule has 11 nitrogen and oxygen atoms in total. The Kier molecular flexibility index (Phi) is 8.81. The molecular weight excluding hydrogens is 660 g/mol. The molecule has 0 saturated carbocycles. The monoisotopic (exact) mass is 694 g/mol. The average molecular weight is 695 g/mol. The SMILES string of the molecule is CC(C)(C)OC(=O)N1CCC2(CCCc3c2c(=O)n2nc(C4=CCOCC4)nc2n3CC(=O)Nc2ccc(C(F)(F)F)c(F)c2Cl)CC1. The fourth-order valence-corrected chi connectivity index (χ4v) is 7.00. The second-order valence-corrected chi connectivity index (χ2v) is 13.7. The van der Waals surface area contributed by atoms with Gasteiger partial charge < -0.3 is 24.3 Å². The number of carbonyl (C=O) groups is 2. The van der Waals surface area contributed by atoms with Crippen molar-refractivity contribution in [2.24, 2.45) is 0 Å². The minimum Gasteiger partial charge on any atom is -0.444 e. The zero-order valence-electron chi connectivity index (χ0n) is 26.7. The Bertz CT molecular complexity index is 1870. The number of fused-ring (bicyclic) bond motifs is 3. The summed E-state index contributed by atoms with van der Waals surface area (Å²) in [4.78, 5) is 46.9. The molecule has 4 heterocycles. The summed E-state index contributed by atoms with van der Waals surface area (Å²) in [6.45, 7) is 6.50. The molecule has 1 aromatic carbocycles. The molecule has 16 heteroatoms. The van der Waals surface area contributed by atoms with Crippen LogP contribution in [0, 0.1) is 5.82 Å². The molecule has 48 heavy (non-hydrogen) atoms. The van der Waals surface area contributed by atoms with Gasteiger partial charge in [-0.15, -0.1) is 5.10 Å². The fraction of sp³-hybridized carbons (Fsp3) is 0.531. The molecule has 0 unspecified atom stereocenters. The molecule has 0 atom stereocenters. The van der Waals surface area contributed by atoms with Crippen molar-refractivity contribution in [3.63, 3.8) is 0 Å². The van der Waals surface area contributed by atoms with Gasteiger partial charge in [-0.1, -0.05) is 17.7 Å². The number of ether oxygens (including phenoxy) is 2. The van der Waals surface area contributed by atoms with Gasteiger partial charge >= 0.3 is 12.3 Å². The van der Waals surface area contributed by atoms with E-state index < -0.39 is 52.1 Å². The minimum atomic E-state index is -4.97. The number of carbonyl (C=O) groups excluding carboxylic acids is 2. The van der Waals surface area contributed by atoms with E-state index in [1.54, 1.807) is 30.2 Å². The number of rotatable bonds is 4. The maximum Gasteiger partial charge on any atom is 0.419 e. The Labute approximate surface area is 277 Å². The maximum absolute atomic E-state index is 14.5. The first-order chi connectivity index (χ1) is 22.6. The number of benzene rings is 1. The lowest BCUT2D eigenvalue weighted by Crippen LogP contribution is -2.51. The number of halogens is 5. The van der Waals surface area contributed by atoms with Gasteiger partial charge in [-0.2, -0.15) is 22.7 Å². The highest BCUT2D eigenvalue weighted by Gasteiger charge is 2.45. The quantitative estimate of drug-likeness (QED) is 0.346. The standard InChI is InChI=1S/C32H35ClF4N6O5/c1-30(2,3)48-29(46)41-13-11-31(12-14-41)10-4-5-21-23(31)27(45)43-28(39-26(40-43)18-8-15-47-16-9-18)42(21)17-22(44)38-20-7-6-19(32(35,36)37)25(34)24(20)33/h6-8H,4-5,9-17H2,1-3H3,(H,38,44). The highest BCUT2D eigenvalue weighted by atomic mass is 35.5. The minimum absolute atomic E-state index is 0.115. The summed E-state index contributed by atoms with van der Waals surface area (Å²) in [5.74, 6) is -1.99. The van der Waals surface area contributed by atoms with Crippen LogP contribution in [0.15, 0.2) is 23.0 Å². The summed E-state index contributed by atoms with van der Waals surface area (Å²) < 4.78 is 67.9. The molecule has 1 fully saturated rings. The van der Waals surface area contributed by atoms with Gasteiger partial charge in [0, 0.05) is 29.8 Å². The number of aromatic nitrogens is 4. The smallest absolute Gasteiger partial charge is 0.419 e. The van der Waals surface area contributed by atoms with Gasteiger partial charge in [0.1, 0.15) is 17.2 Å². The van der Waals surface area contributed by atoms with Crippen LogP contribution < -0.4 is 10.9 Å². The van der Waals surface area contributed by atoms with Crippen molar-refractivity contribution in [1.82, 2.24) is 24.1 Å². The van der Waals surface area contributed by atoms with Crippen molar-refractivity contribution in [3.8, 4) is 0 Å². The Morgan fingerprint density at radius 2 is 1.85 bits per heavy atom. The van der Waals surface area contributed by atoms with E-state index in [-0.39, 0.29) is 17.0 Å². The highest BCUT2D eigenvalue weighted by Crippen LogP contribution is 2.44. The average Bonchev–Trinajstić information content (AvgIpc) is 3.47. The van der Waals surface area contributed by atoms with Gasteiger partial charge in [0.2, 0.25) is 11.7 Å². The lowest BCUT2D eigenvalue weighted by molar-refractivity contribution is -0.140. The van der Waals surface area contributed by atoms with Crippen molar-refractivity contribution < 1.29 is 36.6 Å². The second kappa shape index (κ2) is 12.5. The van der Waals surface area contributed by atoms with E-state index in [1.165, 1.54) is 4.52 Å². The summed E-state index contributed by atoms with van der Waals surface area (Å²) in [7, 11) is 0. The number of likely N-dealkylation sites (tertiary alicyclic amines) is 1. The third-order valence-electron chi connectivity index (χ3n) is 9.04. The van der Waals surface area contributed by atoms with Crippen LogP contribution in [0.25, 0.3) is 11.4 Å². The Hall–Kier alpha value is -3.98. The van der Waals surface area contributed by atoms with Gasteiger partial charge in [0.25, 0.3) is 5.56 Å². The van der Waals surface area contributed by atoms with Gasteiger partial charge in [-0.3, -0.25) is 9.59 Å². The Morgan fingerprint density at radius 1 is 1.12 bits per heavy atom. The number of nitrogens with one attached hydrogen (secondary N) is 1. The zero-order chi connectivity index (χ0) is 34.6. The zero-order valence-corrected chi connectivity index (χ0v) is 27.4. The molecule has 2 aromatic heterocycles. The van der Waals surface area contributed by atoms with Gasteiger partial charge in [-0.25, -0.2) is 9.18 Å². The van der Waals surface area contributed by atoms with Crippen molar-refractivity contribution in [1.29, 1.82) is 0 Å². The molecule has 2 amide bonds. The van der Waals surface area contributed by atoms with Crippen LogP contribution in [0.4, 0.5) is 28.0 Å². The molecule has 258 valence electrons. The number of anilines is 1. The van der Waals surface area contributed by atoms with Crippen LogP contribution in [0.3, 0.4) is 0 Å². The molecule has 0 radical (unpaired) electrons. The molecule has 1 aliphatic carbocycles. The molecule has 1 N–H and O–H groups in total. The van der Waals surface area contributed by atoms with Gasteiger partial charge in [0.05, 0.1) is 24.5 Å². The first kappa shape index (κ1) is 33.9. The fourth-order valence-electron chi connectivity index (χ4n) is 6.79. The third-order valence-corrected chi connectivity index (χ3v) is 9.41. The Balaban J connectivity index is 1.39. The number of piperidine rings is 1. The van der Waals surface area contributed by atoms with E-state index in [1.807, 2.05) is 6.08 Å². The normalized spacial score (nSPS) is 18.1. The summed E-state index contributed by atoms with van der Waals surface area (Å²) in [6, 6.07) is 1.40. The van der Waals surface area contributed by atoms with Gasteiger partial charge in [-0.05, 0) is 77.0 Å². The van der Waals surface area contributed by atoms with Crippen LogP contribution in [0.5, 0.6) is 0 Å². The van der Waals surface area contributed by atoms with Crippen LogP contribution in [0.2, 0.25) is 5.02 Å². The molecule has 1 spiro atoms. The number of hydrogen-bond donors (Lipinski definition) is 1. The summed E-state index contributed by atoms with van der Waals surface area (Å²) >= 11 is 5.92. The molecule has 2 aliphatic heterocycles. The lowest BCUT2D eigenvalue weighted by atomic mass is 9.66. The summed E-state index contributed by atoms with van der Waals surface area (Å²) in [6.07, 6.45) is -0.269. The first-order valence-electron chi connectivity index (χ1n) is 15.7. The number of alkyl halides is 3. The Morgan fingerprint density at radius 3 is 2.50 bits per heavy atom. The van der Waals surface area contributed by atoms with E-state index in [4.69, 9.17) is 21.1 Å². The summed E-state index contributed by atoms with van der Waals surface area (Å²) in [5.41, 5.74) is -1.66. The molecule has 0 bridgehead atoms. The number of hydrogen-bond acceptors (Lipinski definition) is 7. The largest absolute Gasteiger partial charge is 0.444 e. The highest BCUT2D eigenvalue weighted by molar-refractivity contribution is 6.34. The van der Waals surface area contributed by atoms with E-state index in [9.17, 15) is 31.9 Å². The van der Waals surface area contributed by atoms with Crippen LogP contribution >= 0.6 is 11.6 Å².